The van der Waals surface area contributed by atoms with Gasteiger partial charge in [-0.3, -0.25) is 0 Å². The average Bonchev–Trinajstić information content (AvgIpc) is 2.06. The van der Waals surface area contributed by atoms with Crippen molar-refractivity contribution in [2.75, 3.05) is 21.3 Å². The van der Waals surface area contributed by atoms with Gasteiger partial charge in [0.15, 0.2) is 0 Å². The molecule has 0 aromatic rings. The van der Waals surface area contributed by atoms with Gasteiger partial charge in [-0.2, -0.15) is 0 Å². The lowest BCUT2D eigenvalue weighted by molar-refractivity contribution is 0.125. The molecule has 3 nitrogen and oxygen atoms in total. The molecule has 0 bridgehead atoms. The average molecular weight is 284 g/mol. The maximum Gasteiger partial charge on any atom is 0.499 e. The van der Waals surface area contributed by atoms with Crippen LogP contribution >= 0.6 is 33.2 Å². The minimum absolute atomic E-state index is 0.486. The van der Waals surface area contributed by atoms with Crippen molar-refractivity contribution in [1.29, 1.82) is 0 Å². The van der Waals surface area contributed by atoms with Crippen molar-refractivity contribution in [1.82, 2.24) is 0 Å². The van der Waals surface area contributed by atoms with E-state index in [-0.39, 0.29) is 0 Å². The second-order valence-corrected chi connectivity index (χ2v) is 14.8. The predicted molar refractivity (Wildman–Crippen MR) is 59.7 cm³/mol. The van der Waals surface area contributed by atoms with E-state index in [0.717, 1.165) is 0 Å². The molecule has 0 saturated carbocycles. The second kappa shape index (κ2) is 5.92. The first-order valence-electron chi connectivity index (χ1n) is 3.61. The third-order valence-corrected chi connectivity index (χ3v) is 7.39. The van der Waals surface area contributed by atoms with Crippen LogP contribution in [0.4, 0.5) is 0 Å². The zero-order valence-corrected chi connectivity index (χ0v) is 12.0. The lowest BCUT2D eigenvalue weighted by atomic mass is 11.0. The Morgan fingerprint density at radius 2 is 1.23 bits per heavy atom. The Morgan fingerprint density at radius 1 is 0.846 bits per heavy atom. The molecule has 0 aliphatic rings. The van der Waals surface area contributed by atoms with E-state index >= 15 is 0 Å². The zero-order valence-electron chi connectivity index (χ0n) is 7.77. The molecular formula is C5H13Cl3O3Si2. The fourth-order valence-corrected chi connectivity index (χ4v) is 6.87. The highest BCUT2D eigenvalue weighted by atomic mass is 35.8. The van der Waals surface area contributed by atoms with Crippen LogP contribution in [0.25, 0.3) is 0 Å². The molecule has 0 aliphatic carbocycles. The van der Waals surface area contributed by atoms with E-state index in [2.05, 4.69) is 0 Å². The quantitative estimate of drug-likeness (QED) is 0.554. The molecular weight excluding hydrogens is 271 g/mol. The van der Waals surface area contributed by atoms with E-state index in [4.69, 9.17) is 46.5 Å². The molecule has 8 heteroatoms. The molecule has 0 unspecified atom stereocenters. The Bertz CT molecular complexity index is 140. The molecule has 0 saturated heterocycles. The van der Waals surface area contributed by atoms with Crippen LogP contribution in [0.15, 0.2) is 0 Å². The molecule has 0 aliphatic heterocycles. The second-order valence-electron chi connectivity index (χ2n) is 2.41. The summed E-state index contributed by atoms with van der Waals surface area (Å²) in [5.41, 5.74) is 0. The molecule has 0 heterocycles. The third-order valence-electron chi connectivity index (χ3n) is 1.65. The lowest BCUT2D eigenvalue weighted by Crippen LogP contribution is -2.43. The molecule has 0 fully saturated rings. The molecule has 0 spiro atoms. The number of hydrogen-bond donors (Lipinski definition) is 0. The van der Waals surface area contributed by atoms with Gasteiger partial charge >= 0.3 is 14.8 Å². The maximum absolute atomic E-state index is 5.74. The van der Waals surface area contributed by atoms with Crippen LogP contribution in [0.1, 0.15) is 0 Å². The first-order valence-corrected chi connectivity index (χ1v) is 10.8. The summed E-state index contributed by atoms with van der Waals surface area (Å²) in [5, 5.41) is 0. The third kappa shape index (κ3) is 5.58. The molecule has 80 valence electrons. The molecule has 0 aromatic carbocycles. The van der Waals surface area contributed by atoms with Gasteiger partial charge in [-0.25, -0.2) is 0 Å². The van der Waals surface area contributed by atoms with Gasteiger partial charge in [-0.05, 0) is 6.04 Å². The maximum atomic E-state index is 5.74. The summed E-state index contributed by atoms with van der Waals surface area (Å²) in [6.45, 7) is 0. The predicted octanol–water partition coefficient (Wildman–Crippen LogP) is 2.52. The largest absolute Gasteiger partial charge is 0.499 e. The van der Waals surface area contributed by atoms with Gasteiger partial charge in [0.05, 0.1) is 0 Å². The Hall–Kier alpha value is 1.18. The van der Waals surface area contributed by atoms with Gasteiger partial charge < -0.3 is 13.3 Å². The van der Waals surface area contributed by atoms with Crippen LogP contribution < -0.4 is 0 Å². The number of halogens is 3. The molecule has 13 heavy (non-hydrogen) atoms. The van der Waals surface area contributed by atoms with Crippen molar-refractivity contribution >= 4 is 48.0 Å². The number of hydrogen-bond acceptors (Lipinski definition) is 3. The minimum Gasteiger partial charge on any atom is -0.377 e. The normalized spacial score (nSPS) is 13.4. The summed E-state index contributed by atoms with van der Waals surface area (Å²) < 4.78 is 15.5. The molecule has 0 rings (SSSR count). The van der Waals surface area contributed by atoms with Crippen LogP contribution in [0, 0.1) is 0 Å². The van der Waals surface area contributed by atoms with Gasteiger partial charge in [0.2, 0.25) is 0 Å². The van der Waals surface area contributed by atoms with Gasteiger partial charge in [0.1, 0.15) is 0 Å². The highest BCUT2D eigenvalue weighted by molar-refractivity contribution is 7.64. The van der Waals surface area contributed by atoms with E-state index in [1.807, 2.05) is 0 Å². The molecule has 0 aromatic heterocycles. The molecule has 0 amide bonds. The van der Waals surface area contributed by atoms with Crippen molar-refractivity contribution in [2.45, 2.75) is 12.1 Å². The SMILES string of the molecule is CO[Si](CC[Si](Cl)(Cl)Cl)(OC)OC. The first-order chi connectivity index (χ1) is 5.89. The van der Waals surface area contributed by atoms with Crippen LogP contribution in [-0.4, -0.2) is 36.1 Å². The van der Waals surface area contributed by atoms with Crippen molar-refractivity contribution in [2.24, 2.45) is 0 Å². The molecule has 0 radical (unpaired) electrons. The highest BCUT2D eigenvalue weighted by Gasteiger charge is 2.41. The molecule has 0 atom stereocenters. The van der Waals surface area contributed by atoms with Gasteiger partial charge in [0.25, 0.3) is 0 Å². The van der Waals surface area contributed by atoms with E-state index < -0.39 is 14.8 Å². The summed E-state index contributed by atoms with van der Waals surface area (Å²) >= 11 is 17.2. The molecule has 0 N–H and O–H groups in total. The van der Waals surface area contributed by atoms with Crippen molar-refractivity contribution in [3.63, 3.8) is 0 Å². The van der Waals surface area contributed by atoms with E-state index in [0.29, 0.717) is 12.1 Å². The van der Waals surface area contributed by atoms with E-state index in [9.17, 15) is 0 Å². The highest BCUT2D eigenvalue weighted by Crippen LogP contribution is 2.30. The van der Waals surface area contributed by atoms with Crippen LogP contribution in [-0.2, 0) is 13.3 Å². The Morgan fingerprint density at radius 3 is 1.46 bits per heavy atom. The van der Waals surface area contributed by atoms with Crippen molar-refractivity contribution in [3.8, 4) is 0 Å². The van der Waals surface area contributed by atoms with Crippen molar-refractivity contribution in [3.05, 3.63) is 0 Å². The van der Waals surface area contributed by atoms with Crippen LogP contribution in [0.5, 0.6) is 0 Å². The number of rotatable bonds is 6. The standard InChI is InChI=1S/C5H13Cl3O3Si2/c1-9-13(10-2,11-3)5-4-12(6,7)8/h4-5H2,1-3H3. The van der Waals surface area contributed by atoms with Gasteiger partial charge in [0, 0.05) is 27.4 Å². The summed E-state index contributed by atoms with van der Waals surface area (Å²) in [7, 11) is 2.08. The Labute approximate surface area is 94.7 Å². The summed E-state index contributed by atoms with van der Waals surface area (Å²) in [4.78, 5) is 0. The smallest absolute Gasteiger partial charge is 0.377 e. The summed E-state index contributed by atoms with van der Waals surface area (Å²) in [6, 6.07) is -1.58. The first kappa shape index (κ1) is 14.2. The monoisotopic (exact) mass is 282 g/mol. The van der Waals surface area contributed by atoms with Gasteiger partial charge in [-0.15, -0.1) is 33.2 Å². The van der Waals surface area contributed by atoms with E-state index in [1.165, 1.54) is 0 Å². The van der Waals surface area contributed by atoms with E-state index in [1.54, 1.807) is 21.3 Å². The lowest BCUT2D eigenvalue weighted by Gasteiger charge is -2.25. The Kier molecular flexibility index (Phi) is 6.46. The minimum atomic E-state index is -2.60. The summed E-state index contributed by atoms with van der Waals surface area (Å²) in [6.07, 6.45) is 0. The zero-order chi connectivity index (χ0) is 10.5. The topological polar surface area (TPSA) is 27.7 Å². The van der Waals surface area contributed by atoms with Gasteiger partial charge in [-0.1, -0.05) is 0 Å². The van der Waals surface area contributed by atoms with Crippen molar-refractivity contribution < 1.29 is 13.3 Å². The van der Waals surface area contributed by atoms with Crippen LogP contribution in [0.3, 0.4) is 0 Å². The fourth-order valence-electron chi connectivity index (χ4n) is 0.851. The van der Waals surface area contributed by atoms with Crippen LogP contribution in [0.2, 0.25) is 12.1 Å². The summed E-state index contributed by atoms with van der Waals surface area (Å²) in [5.74, 6) is 0. The fraction of sp³-hybridized carbons (Fsp3) is 1.00. The Balaban J connectivity index is 4.11.